The second-order valence-electron chi connectivity index (χ2n) is 6.21. The summed E-state index contributed by atoms with van der Waals surface area (Å²) >= 11 is 0. The quantitative estimate of drug-likeness (QED) is 0.718. The minimum Gasteiger partial charge on any atom is -0.457 e. The number of hydrogen-bond acceptors (Lipinski definition) is 2. The summed E-state index contributed by atoms with van der Waals surface area (Å²) in [5, 5.41) is 2.49. The van der Waals surface area contributed by atoms with Crippen molar-refractivity contribution in [1.82, 2.24) is 0 Å². The molecule has 0 radical (unpaired) electrons. The van der Waals surface area contributed by atoms with Gasteiger partial charge < -0.3 is 4.74 Å². The fourth-order valence-corrected chi connectivity index (χ4v) is 2.61. The summed E-state index contributed by atoms with van der Waals surface area (Å²) in [5.41, 5.74) is 1.97. The van der Waals surface area contributed by atoms with E-state index in [1.807, 2.05) is 26.8 Å². The number of esters is 1. The summed E-state index contributed by atoms with van der Waals surface area (Å²) in [6, 6.07) is 12.5. The first-order valence-corrected chi connectivity index (χ1v) is 6.68. The molecule has 0 aromatic heterocycles. The van der Waals surface area contributed by atoms with Gasteiger partial charge in [-0.3, -0.25) is 4.79 Å². The molecule has 0 spiro atoms. The summed E-state index contributed by atoms with van der Waals surface area (Å²) in [6.45, 7) is 5.66. The molecular weight excluding hydrogens is 236 g/mol. The van der Waals surface area contributed by atoms with Crippen molar-refractivity contribution in [2.75, 3.05) is 0 Å². The van der Waals surface area contributed by atoms with Crippen LogP contribution in [-0.2, 0) is 16.0 Å². The van der Waals surface area contributed by atoms with E-state index in [0.29, 0.717) is 0 Å². The fraction of sp³-hybridized carbons (Fsp3) is 0.353. The van der Waals surface area contributed by atoms with Crippen molar-refractivity contribution in [3.05, 3.63) is 47.5 Å². The molecule has 0 amide bonds. The zero-order chi connectivity index (χ0) is 13.6. The summed E-state index contributed by atoms with van der Waals surface area (Å²) < 4.78 is 5.71. The van der Waals surface area contributed by atoms with Gasteiger partial charge in [-0.25, -0.2) is 0 Å². The van der Waals surface area contributed by atoms with Crippen molar-refractivity contribution in [3.8, 4) is 0 Å². The monoisotopic (exact) mass is 254 g/mol. The molecule has 19 heavy (non-hydrogen) atoms. The minimum atomic E-state index is -0.456. The Morgan fingerprint density at radius 2 is 1.84 bits per heavy atom. The molecule has 0 saturated heterocycles. The van der Waals surface area contributed by atoms with Crippen LogP contribution in [-0.4, -0.2) is 5.97 Å². The molecular formula is C17H18O2. The Kier molecular flexibility index (Phi) is 2.63. The number of rotatable bonds is 1. The molecule has 0 saturated carbocycles. The van der Waals surface area contributed by atoms with Crippen molar-refractivity contribution in [2.24, 2.45) is 5.41 Å². The van der Waals surface area contributed by atoms with Crippen molar-refractivity contribution < 1.29 is 9.53 Å². The second-order valence-corrected chi connectivity index (χ2v) is 6.21. The van der Waals surface area contributed by atoms with Crippen LogP contribution in [0, 0.1) is 5.41 Å². The molecule has 2 aromatic rings. The van der Waals surface area contributed by atoms with Gasteiger partial charge in [-0.15, -0.1) is 0 Å². The van der Waals surface area contributed by atoms with Crippen LogP contribution in [0.5, 0.6) is 0 Å². The maximum absolute atomic E-state index is 12.1. The van der Waals surface area contributed by atoms with Crippen LogP contribution in [0.15, 0.2) is 36.4 Å². The Balaban J connectivity index is 1.98. The molecule has 2 nitrogen and oxygen atoms in total. The molecule has 0 aliphatic heterocycles. The fourth-order valence-electron chi connectivity index (χ4n) is 2.61. The van der Waals surface area contributed by atoms with Crippen LogP contribution >= 0.6 is 0 Å². The summed E-state index contributed by atoms with van der Waals surface area (Å²) in [5.74, 6) is -0.137. The van der Waals surface area contributed by atoms with E-state index < -0.39 is 5.41 Å². The highest BCUT2D eigenvalue weighted by atomic mass is 16.5. The Hall–Kier alpha value is -1.83. The maximum atomic E-state index is 12.1. The van der Waals surface area contributed by atoms with Gasteiger partial charge in [-0.2, -0.15) is 0 Å². The van der Waals surface area contributed by atoms with E-state index in [0.717, 1.165) is 12.0 Å². The van der Waals surface area contributed by atoms with Crippen molar-refractivity contribution in [2.45, 2.75) is 33.3 Å². The lowest BCUT2D eigenvalue weighted by molar-refractivity contribution is -0.158. The molecule has 1 unspecified atom stereocenters. The molecule has 2 heteroatoms. The SMILES string of the molecule is CC(C)(C)C(=O)OC1Cc2cccc3cccc1c23. The highest BCUT2D eigenvalue weighted by Crippen LogP contribution is 2.39. The molecule has 1 aliphatic rings. The van der Waals surface area contributed by atoms with E-state index in [1.54, 1.807) is 0 Å². The Morgan fingerprint density at radius 1 is 1.16 bits per heavy atom. The maximum Gasteiger partial charge on any atom is 0.311 e. The van der Waals surface area contributed by atoms with Gasteiger partial charge >= 0.3 is 5.97 Å². The first-order chi connectivity index (χ1) is 8.97. The number of carbonyl (C=O) groups excluding carboxylic acids is 1. The first kappa shape index (κ1) is 12.2. The van der Waals surface area contributed by atoms with Crippen molar-refractivity contribution in [1.29, 1.82) is 0 Å². The van der Waals surface area contributed by atoms with Crippen LogP contribution < -0.4 is 0 Å². The second kappa shape index (κ2) is 4.09. The highest BCUT2D eigenvalue weighted by Gasteiger charge is 2.31. The van der Waals surface area contributed by atoms with Gasteiger partial charge in [0.2, 0.25) is 0 Å². The number of carbonyl (C=O) groups is 1. The van der Waals surface area contributed by atoms with E-state index in [1.165, 1.54) is 16.3 Å². The van der Waals surface area contributed by atoms with Crippen LogP contribution in [0.25, 0.3) is 10.8 Å². The van der Waals surface area contributed by atoms with Crippen LogP contribution in [0.2, 0.25) is 0 Å². The first-order valence-electron chi connectivity index (χ1n) is 6.68. The summed E-state index contributed by atoms with van der Waals surface area (Å²) in [7, 11) is 0. The lowest BCUT2D eigenvalue weighted by Gasteiger charge is -2.21. The molecule has 1 atom stereocenters. The van der Waals surface area contributed by atoms with Crippen molar-refractivity contribution >= 4 is 16.7 Å². The molecule has 3 rings (SSSR count). The molecule has 1 aliphatic carbocycles. The Bertz CT molecular complexity index is 645. The van der Waals surface area contributed by atoms with Crippen LogP contribution in [0.4, 0.5) is 0 Å². The minimum absolute atomic E-state index is 0.132. The van der Waals surface area contributed by atoms with E-state index in [9.17, 15) is 4.79 Å². The third-order valence-electron chi connectivity index (χ3n) is 3.64. The Morgan fingerprint density at radius 3 is 2.53 bits per heavy atom. The number of hydrogen-bond donors (Lipinski definition) is 0. The third-order valence-corrected chi connectivity index (χ3v) is 3.64. The van der Waals surface area contributed by atoms with Gasteiger partial charge in [0.1, 0.15) is 6.10 Å². The molecule has 0 N–H and O–H groups in total. The van der Waals surface area contributed by atoms with E-state index in [2.05, 4.69) is 30.3 Å². The molecule has 0 bridgehead atoms. The van der Waals surface area contributed by atoms with Gasteiger partial charge in [-0.1, -0.05) is 36.4 Å². The smallest absolute Gasteiger partial charge is 0.311 e. The zero-order valence-electron chi connectivity index (χ0n) is 11.6. The average Bonchev–Trinajstić information content (AvgIpc) is 2.69. The van der Waals surface area contributed by atoms with Crippen LogP contribution in [0.1, 0.15) is 38.0 Å². The van der Waals surface area contributed by atoms with Crippen molar-refractivity contribution in [3.63, 3.8) is 0 Å². The standard InChI is InChI=1S/C17H18O2/c1-17(2,3)16(18)19-14-10-12-8-4-6-11-7-5-9-13(14)15(11)12/h4-9,14H,10H2,1-3H3. The molecule has 98 valence electrons. The summed E-state index contributed by atoms with van der Waals surface area (Å²) in [6.07, 6.45) is 0.659. The number of benzene rings is 2. The van der Waals surface area contributed by atoms with Gasteiger partial charge in [0.05, 0.1) is 5.41 Å². The molecule has 0 fully saturated rings. The molecule has 2 aromatic carbocycles. The number of ether oxygens (including phenoxy) is 1. The predicted octanol–water partition coefficient (Wildman–Crippen LogP) is 4.03. The molecule has 0 heterocycles. The van der Waals surface area contributed by atoms with Gasteiger partial charge in [-0.05, 0) is 37.1 Å². The van der Waals surface area contributed by atoms with Gasteiger partial charge in [0.25, 0.3) is 0 Å². The predicted molar refractivity (Wildman–Crippen MR) is 75.9 cm³/mol. The zero-order valence-corrected chi connectivity index (χ0v) is 11.6. The normalized spacial score (nSPS) is 17.7. The largest absolute Gasteiger partial charge is 0.457 e. The van der Waals surface area contributed by atoms with Crippen LogP contribution in [0.3, 0.4) is 0 Å². The third kappa shape index (κ3) is 2.01. The van der Waals surface area contributed by atoms with Gasteiger partial charge in [0, 0.05) is 12.0 Å². The lowest BCUT2D eigenvalue weighted by atomic mass is 9.97. The van der Waals surface area contributed by atoms with E-state index in [4.69, 9.17) is 4.74 Å². The lowest BCUT2D eigenvalue weighted by Crippen LogP contribution is -2.24. The summed E-state index contributed by atoms with van der Waals surface area (Å²) in [4.78, 5) is 12.1. The van der Waals surface area contributed by atoms with E-state index in [-0.39, 0.29) is 12.1 Å². The topological polar surface area (TPSA) is 26.3 Å². The van der Waals surface area contributed by atoms with E-state index >= 15 is 0 Å². The average molecular weight is 254 g/mol. The highest BCUT2D eigenvalue weighted by molar-refractivity contribution is 5.91. The van der Waals surface area contributed by atoms with Gasteiger partial charge in [0.15, 0.2) is 0 Å². The Labute approximate surface area is 113 Å².